The fraction of sp³-hybridized carbons (Fsp3) is 0.105. The Balaban J connectivity index is 1.84. The van der Waals surface area contributed by atoms with Gasteiger partial charge in [-0.15, -0.1) is 0 Å². The molecule has 25 heavy (non-hydrogen) atoms. The Labute approximate surface area is 145 Å². The molecule has 0 atom stereocenters. The molecule has 0 fully saturated rings. The summed E-state index contributed by atoms with van der Waals surface area (Å²) in [5.74, 6) is 0.0944. The molecule has 0 bridgehead atoms. The van der Waals surface area contributed by atoms with E-state index in [1.54, 1.807) is 30.3 Å². The summed E-state index contributed by atoms with van der Waals surface area (Å²) in [5, 5.41) is 15.4. The maximum atomic E-state index is 11.1. The first-order valence-electron chi connectivity index (χ1n) is 7.79. The molecule has 3 rings (SSSR count). The standard InChI is InChI=1S/C19H18N4O2/c1-12-5-3-7-15(9-12)22-19-20-13(2)10-17(23-19)21-16-8-4-6-14(11-16)18(24)25/h3-11H,1-2H3,(H,24,25)(H2,20,21,22,23). The highest BCUT2D eigenvalue weighted by Gasteiger charge is 2.06. The molecular formula is C19H18N4O2. The number of carboxylic acids is 1. The molecule has 0 aliphatic carbocycles. The molecule has 126 valence electrons. The maximum absolute atomic E-state index is 11.1. The summed E-state index contributed by atoms with van der Waals surface area (Å²) in [6.07, 6.45) is 0. The van der Waals surface area contributed by atoms with E-state index in [0.29, 0.717) is 17.5 Å². The summed E-state index contributed by atoms with van der Waals surface area (Å²) in [7, 11) is 0. The normalized spacial score (nSPS) is 10.3. The van der Waals surface area contributed by atoms with E-state index in [-0.39, 0.29) is 5.56 Å². The van der Waals surface area contributed by atoms with Crippen molar-refractivity contribution in [3.05, 3.63) is 71.4 Å². The Bertz CT molecular complexity index is 925. The number of nitrogens with one attached hydrogen (secondary N) is 2. The van der Waals surface area contributed by atoms with Crippen LogP contribution in [-0.4, -0.2) is 21.0 Å². The average Bonchev–Trinajstić information content (AvgIpc) is 2.54. The highest BCUT2D eigenvalue weighted by Crippen LogP contribution is 2.20. The van der Waals surface area contributed by atoms with Gasteiger partial charge in [0.25, 0.3) is 0 Å². The van der Waals surface area contributed by atoms with Crippen LogP contribution in [0.5, 0.6) is 0 Å². The first-order chi connectivity index (χ1) is 12.0. The van der Waals surface area contributed by atoms with Crippen LogP contribution in [-0.2, 0) is 0 Å². The van der Waals surface area contributed by atoms with Crippen molar-refractivity contribution in [1.29, 1.82) is 0 Å². The number of benzene rings is 2. The molecule has 0 saturated heterocycles. The molecule has 1 heterocycles. The number of hydrogen-bond donors (Lipinski definition) is 3. The predicted molar refractivity (Wildman–Crippen MR) is 97.9 cm³/mol. The highest BCUT2D eigenvalue weighted by molar-refractivity contribution is 5.89. The molecule has 1 aromatic heterocycles. The van der Waals surface area contributed by atoms with Crippen LogP contribution in [0.1, 0.15) is 21.6 Å². The Morgan fingerprint density at radius 3 is 2.36 bits per heavy atom. The van der Waals surface area contributed by atoms with Gasteiger partial charge in [0.2, 0.25) is 5.95 Å². The molecule has 0 spiro atoms. The van der Waals surface area contributed by atoms with Crippen molar-refractivity contribution in [3.8, 4) is 0 Å². The monoisotopic (exact) mass is 334 g/mol. The van der Waals surface area contributed by atoms with Crippen molar-refractivity contribution in [2.75, 3.05) is 10.6 Å². The van der Waals surface area contributed by atoms with Crippen LogP contribution in [0.4, 0.5) is 23.1 Å². The van der Waals surface area contributed by atoms with E-state index in [9.17, 15) is 4.79 Å². The van der Waals surface area contributed by atoms with E-state index >= 15 is 0 Å². The topological polar surface area (TPSA) is 87.1 Å². The summed E-state index contributed by atoms with van der Waals surface area (Å²) in [6.45, 7) is 3.90. The molecule has 0 unspecified atom stereocenters. The number of aryl methyl sites for hydroxylation is 2. The molecule has 3 N–H and O–H groups in total. The van der Waals surface area contributed by atoms with Crippen molar-refractivity contribution >= 4 is 29.1 Å². The van der Waals surface area contributed by atoms with Gasteiger partial charge in [0.1, 0.15) is 5.82 Å². The summed E-state index contributed by atoms with van der Waals surface area (Å²) >= 11 is 0. The van der Waals surface area contributed by atoms with E-state index in [0.717, 1.165) is 16.9 Å². The minimum Gasteiger partial charge on any atom is -0.478 e. The quantitative estimate of drug-likeness (QED) is 0.645. The Morgan fingerprint density at radius 1 is 0.920 bits per heavy atom. The first kappa shape index (κ1) is 16.4. The third-order valence-corrected chi connectivity index (χ3v) is 3.51. The van der Waals surface area contributed by atoms with Crippen LogP contribution in [0.15, 0.2) is 54.6 Å². The Hall–Kier alpha value is -3.41. The number of nitrogens with zero attached hydrogens (tertiary/aromatic N) is 2. The van der Waals surface area contributed by atoms with Crippen LogP contribution < -0.4 is 10.6 Å². The summed E-state index contributed by atoms with van der Waals surface area (Å²) in [4.78, 5) is 19.9. The van der Waals surface area contributed by atoms with Gasteiger partial charge in [-0.3, -0.25) is 0 Å². The van der Waals surface area contributed by atoms with Gasteiger partial charge < -0.3 is 15.7 Å². The molecule has 3 aromatic rings. The molecular weight excluding hydrogens is 316 g/mol. The fourth-order valence-corrected chi connectivity index (χ4v) is 2.42. The van der Waals surface area contributed by atoms with Crippen LogP contribution in [0, 0.1) is 13.8 Å². The molecule has 0 radical (unpaired) electrons. The molecule has 0 saturated carbocycles. The molecule has 0 amide bonds. The molecule has 2 aromatic carbocycles. The third kappa shape index (κ3) is 4.32. The van der Waals surface area contributed by atoms with E-state index in [1.807, 2.05) is 38.1 Å². The largest absolute Gasteiger partial charge is 0.478 e. The van der Waals surface area contributed by atoms with Gasteiger partial charge in [0.15, 0.2) is 0 Å². The van der Waals surface area contributed by atoms with Crippen molar-refractivity contribution in [1.82, 2.24) is 9.97 Å². The van der Waals surface area contributed by atoms with Gasteiger partial charge in [-0.2, -0.15) is 4.98 Å². The summed E-state index contributed by atoms with van der Waals surface area (Å²) < 4.78 is 0. The van der Waals surface area contributed by atoms with Crippen molar-refractivity contribution in [2.45, 2.75) is 13.8 Å². The van der Waals surface area contributed by atoms with Gasteiger partial charge in [0.05, 0.1) is 5.56 Å². The van der Waals surface area contributed by atoms with Crippen LogP contribution in [0.25, 0.3) is 0 Å². The Kier molecular flexibility index (Phi) is 4.61. The molecule has 0 aliphatic heterocycles. The van der Waals surface area contributed by atoms with Crippen molar-refractivity contribution in [2.24, 2.45) is 0 Å². The number of anilines is 4. The lowest BCUT2D eigenvalue weighted by Gasteiger charge is -2.11. The number of rotatable bonds is 5. The van der Waals surface area contributed by atoms with E-state index in [4.69, 9.17) is 5.11 Å². The molecule has 6 heteroatoms. The minimum absolute atomic E-state index is 0.217. The van der Waals surface area contributed by atoms with E-state index < -0.39 is 5.97 Å². The van der Waals surface area contributed by atoms with Gasteiger partial charge in [0, 0.05) is 23.1 Å². The highest BCUT2D eigenvalue weighted by atomic mass is 16.4. The SMILES string of the molecule is Cc1cccc(Nc2nc(C)cc(Nc3cccc(C(=O)O)c3)n2)c1. The number of hydrogen-bond acceptors (Lipinski definition) is 5. The van der Waals surface area contributed by atoms with Gasteiger partial charge in [-0.25, -0.2) is 9.78 Å². The molecule has 0 aliphatic rings. The predicted octanol–water partition coefficient (Wildman–Crippen LogP) is 4.28. The van der Waals surface area contributed by atoms with Crippen LogP contribution in [0.3, 0.4) is 0 Å². The van der Waals surface area contributed by atoms with Crippen molar-refractivity contribution < 1.29 is 9.90 Å². The number of aromatic nitrogens is 2. The first-order valence-corrected chi connectivity index (χ1v) is 7.79. The maximum Gasteiger partial charge on any atom is 0.335 e. The lowest BCUT2D eigenvalue weighted by molar-refractivity contribution is 0.0697. The zero-order valence-corrected chi connectivity index (χ0v) is 13.9. The van der Waals surface area contributed by atoms with Gasteiger partial charge >= 0.3 is 5.97 Å². The van der Waals surface area contributed by atoms with Gasteiger partial charge in [-0.05, 0) is 49.7 Å². The second-order valence-electron chi connectivity index (χ2n) is 5.72. The third-order valence-electron chi connectivity index (χ3n) is 3.51. The van der Waals surface area contributed by atoms with Gasteiger partial charge in [-0.1, -0.05) is 18.2 Å². The average molecular weight is 334 g/mol. The van der Waals surface area contributed by atoms with Crippen LogP contribution in [0.2, 0.25) is 0 Å². The lowest BCUT2D eigenvalue weighted by atomic mass is 10.2. The fourth-order valence-electron chi connectivity index (χ4n) is 2.42. The minimum atomic E-state index is -0.968. The second kappa shape index (κ2) is 7.00. The summed E-state index contributed by atoms with van der Waals surface area (Å²) in [5.41, 5.74) is 3.71. The molecule has 6 nitrogen and oxygen atoms in total. The lowest BCUT2D eigenvalue weighted by Crippen LogP contribution is -2.03. The van der Waals surface area contributed by atoms with E-state index in [1.165, 1.54) is 0 Å². The number of aromatic carboxylic acids is 1. The number of carboxylic acid groups (broad SMARTS) is 1. The smallest absolute Gasteiger partial charge is 0.335 e. The second-order valence-corrected chi connectivity index (χ2v) is 5.72. The zero-order valence-electron chi connectivity index (χ0n) is 13.9. The van der Waals surface area contributed by atoms with E-state index in [2.05, 4.69) is 20.6 Å². The number of carbonyl (C=O) groups is 1. The van der Waals surface area contributed by atoms with Crippen LogP contribution >= 0.6 is 0 Å². The zero-order chi connectivity index (χ0) is 17.8. The van der Waals surface area contributed by atoms with Crippen molar-refractivity contribution in [3.63, 3.8) is 0 Å². The summed E-state index contributed by atoms with van der Waals surface area (Å²) in [6, 6.07) is 16.3. The Morgan fingerprint density at radius 2 is 1.64 bits per heavy atom.